The second-order valence-electron chi connectivity index (χ2n) is 7.22. The fourth-order valence-corrected chi connectivity index (χ4v) is 3.37. The van der Waals surface area contributed by atoms with Crippen molar-refractivity contribution < 1.29 is 0 Å². The van der Waals surface area contributed by atoms with Crippen molar-refractivity contribution in [2.45, 2.75) is 6.54 Å². The van der Waals surface area contributed by atoms with Crippen LogP contribution in [0.1, 0.15) is 16.7 Å². The van der Waals surface area contributed by atoms with E-state index >= 15 is 0 Å². The van der Waals surface area contributed by atoms with Crippen molar-refractivity contribution in [1.29, 1.82) is 0 Å². The van der Waals surface area contributed by atoms with Gasteiger partial charge in [-0.3, -0.25) is 4.68 Å². The zero-order valence-electron chi connectivity index (χ0n) is 17.1. The number of benzene rings is 2. The van der Waals surface area contributed by atoms with Crippen LogP contribution in [0.15, 0.2) is 79.6 Å². The second-order valence-corrected chi connectivity index (χ2v) is 7.22. The maximum absolute atomic E-state index is 5.54. The first kappa shape index (κ1) is 19.4. The zero-order valence-corrected chi connectivity index (χ0v) is 17.1. The molecule has 0 aliphatic carbocycles. The van der Waals surface area contributed by atoms with Crippen molar-refractivity contribution in [1.82, 2.24) is 29.7 Å². The van der Waals surface area contributed by atoms with E-state index in [1.165, 1.54) is 11.9 Å². The van der Waals surface area contributed by atoms with Crippen molar-refractivity contribution in [2.24, 2.45) is 0 Å². The fraction of sp³-hybridized carbons (Fsp3) is 0.0417. The van der Waals surface area contributed by atoms with E-state index < -0.39 is 0 Å². The molecule has 0 fully saturated rings. The first-order valence-electron chi connectivity index (χ1n) is 10.1. The zero-order chi connectivity index (χ0) is 21.8. The lowest BCUT2D eigenvalue weighted by Gasteiger charge is -2.09. The molecule has 32 heavy (non-hydrogen) atoms. The molecule has 3 heterocycles. The standard InChI is InChI=1S/C24H20N8/c25-24-27-11-18(12-28-24)6-7-19-13-26-16-29-23(19)31-21-8-9-22-20(10-21)14-30-32(22)15-17-4-2-1-3-5-17/h1-14,16H,15H2,(H2,25,27,28)(H,26,29,31)/b7-6+. The van der Waals surface area contributed by atoms with Crippen LogP contribution < -0.4 is 11.1 Å². The quantitative estimate of drug-likeness (QED) is 0.425. The largest absolute Gasteiger partial charge is 0.368 e. The Labute approximate surface area is 184 Å². The molecule has 2 aromatic carbocycles. The van der Waals surface area contributed by atoms with Gasteiger partial charge in [-0.25, -0.2) is 19.9 Å². The van der Waals surface area contributed by atoms with E-state index in [1.54, 1.807) is 18.6 Å². The molecule has 0 amide bonds. The van der Waals surface area contributed by atoms with Gasteiger partial charge in [-0.05, 0) is 29.8 Å². The summed E-state index contributed by atoms with van der Waals surface area (Å²) in [5, 5.41) is 8.99. The molecule has 0 aliphatic rings. The van der Waals surface area contributed by atoms with Crippen molar-refractivity contribution in [2.75, 3.05) is 11.1 Å². The van der Waals surface area contributed by atoms with Gasteiger partial charge in [0.1, 0.15) is 12.1 Å². The highest BCUT2D eigenvalue weighted by molar-refractivity contribution is 5.84. The maximum Gasteiger partial charge on any atom is 0.219 e. The third-order valence-corrected chi connectivity index (χ3v) is 4.97. The molecule has 3 N–H and O–H groups in total. The van der Waals surface area contributed by atoms with Crippen LogP contribution in [0, 0.1) is 0 Å². The minimum atomic E-state index is 0.245. The topological polar surface area (TPSA) is 107 Å². The molecular weight excluding hydrogens is 400 g/mol. The fourth-order valence-electron chi connectivity index (χ4n) is 3.37. The number of nitrogen functional groups attached to an aromatic ring is 1. The van der Waals surface area contributed by atoms with Gasteiger partial charge < -0.3 is 11.1 Å². The predicted octanol–water partition coefficient (Wildman–Crippen LogP) is 4.16. The number of nitrogens with zero attached hydrogens (tertiary/aromatic N) is 6. The minimum Gasteiger partial charge on any atom is -0.368 e. The smallest absolute Gasteiger partial charge is 0.219 e. The summed E-state index contributed by atoms with van der Waals surface area (Å²) in [5.74, 6) is 0.943. The molecule has 3 aromatic heterocycles. The van der Waals surface area contributed by atoms with Crippen LogP contribution in [-0.2, 0) is 6.54 Å². The average molecular weight is 420 g/mol. The average Bonchev–Trinajstić information content (AvgIpc) is 3.22. The molecule has 8 heteroatoms. The molecule has 0 saturated heterocycles. The van der Waals surface area contributed by atoms with E-state index in [4.69, 9.17) is 5.73 Å². The van der Waals surface area contributed by atoms with Gasteiger partial charge in [-0.2, -0.15) is 5.10 Å². The summed E-state index contributed by atoms with van der Waals surface area (Å²) >= 11 is 0. The number of rotatable bonds is 6. The summed E-state index contributed by atoms with van der Waals surface area (Å²) in [5.41, 5.74) is 10.4. The first-order chi connectivity index (χ1) is 15.7. The van der Waals surface area contributed by atoms with Crippen LogP contribution >= 0.6 is 0 Å². The Morgan fingerprint density at radius 1 is 0.906 bits per heavy atom. The van der Waals surface area contributed by atoms with Crippen LogP contribution in [-0.4, -0.2) is 29.7 Å². The number of fused-ring (bicyclic) bond motifs is 1. The molecule has 0 radical (unpaired) electrons. The number of anilines is 3. The molecule has 5 rings (SSSR count). The molecular formula is C24H20N8. The van der Waals surface area contributed by atoms with E-state index in [1.807, 2.05) is 47.3 Å². The van der Waals surface area contributed by atoms with Gasteiger partial charge in [-0.15, -0.1) is 0 Å². The molecule has 0 spiro atoms. The lowest BCUT2D eigenvalue weighted by molar-refractivity contribution is 0.712. The molecule has 0 aliphatic heterocycles. The molecule has 8 nitrogen and oxygen atoms in total. The Kier molecular flexibility index (Phi) is 5.24. The number of hydrogen-bond acceptors (Lipinski definition) is 7. The van der Waals surface area contributed by atoms with E-state index in [9.17, 15) is 0 Å². The van der Waals surface area contributed by atoms with Crippen molar-refractivity contribution in [3.63, 3.8) is 0 Å². The van der Waals surface area contributed by atoms with Crippen LogP contribution in [0.25, 0.3) is 23.1 Å². The highest BCUT2D eigenvalue weighted by Crippen LogP contribution is 2.24. The highest BCUT2D eigenvalue weighted by atomic mass is 15.3. The van der Waals surface area contributed by atoms with Gasteiger partial charge in [0.05, 0.1) is 18.3 Å². The Hall–Kier alpha value is -4.59. The van der Waals surface area contributed by atoms with Gasteiger partial charge >= 0.3 is 0 Å². The molecule has 156 valence electrons. The second kappa shape index (κ2) is 8.65. The molecule has 0 bridgehead atoms. The van der Waals surface area contributed by atoms with Crippen LogP contribution in [0.4, 0.5) is 17.5 Å². The van der Waals surface area contributed by atoms with Crippen molar-refractivity contribution >= 4 is 40.5 Å². The monoisotopic (exact) mass is 420 g/mol. The van der Waals surface area contributed by atoms with Gasteiger partial charge in [0, 0.05) is 40.8 Å². The van der Waals surface area contributed by atoms with E-state index in [-0.39, 0.29) is 5.95 Å². The van der Waals surface area contributed by atoms with Crippen molar-refractivity contribution in [3.05, 3.63) is 96.3 Å². The van der Waals surface area contributed by atoms with Gasteiger partial charge in [-0.1, -0.05) is 36.4 Å². The number of aromatic nitrogens is 6. The molecule has 5 aromatic rings. The SMILES string of the molecule is Nc1ncc(/C=C/c2cncnc2Nc2ccc3c(cnn3Cc3ccccc3)c2)cn1. The summed E-state index contributed by atoms with van der Waals surface area (Å²) in [7, 11) is 0. The number of nitrogens with one attached hydrogen (secondary N) is 1. The van der Waals surface area contributed by atoms with Crippen LogP contribution in [0.3, 0.4) is 0 Å². The summed E-state index contributed by atoms with van der Waals surface area (Å²) in [4.78, 5) is 16.5. The predicted molar refractivity (Wildman–Crippen MR) is 126 cm³/mol. The lowest BCUT2D eigenvalue weighted by Crippen LogP contribution is -2.01. The number of nitrogens with two attached hydrogens (primary N) is 1. The van der Waals surface area contributed by atoms with Crippen LogP contribution in [0.5, 0.6) is 0 Å². The van der Waals surface area contributed by atoms with Crippen LogP contribution in [0.2, 0.25) is 0 Å². The Morgan fingerprint density at radius 2 is 1.75 bits per heavy atom. The third kappa shape index (κ3) is 4.29. The maximum atomic E-state index is 5.54. The Morgan fingerprint density at radius 3 is 2.59 bits per heavy atom. The Bertz CT molecular complexity index is 1370. The molecule has 0 unspecified atom stereocenters. The molecule has 0 atom stereocenters. The summed E-state index contributed by atoms with van der Waals surface area (Å²) < 4.78 is 2.00. The van der Waals surface area contributed by atoms with E-state index in [2.05, 4.69) is 54.6 Å². The summed E-state index contributed by atoms with van der Waals surface area (Å²) in [6.07, 6.45) is 12.3. The highest BCUT2D eigenvalue weighted by Gasteiger charge is 2.07. The van der Waals surface area contributed by atoms with E-state index in [0.29, 0.717) is 5.82 Å². The molecule has 0 saturated carbocycles. The minimum absolute atomic E-state index is 0.245. The first-order valence-corrected chi connectivity index (χ1v) is 10.1. The van der Waals surface area contributed by atoms with Crippen molar-refractivity contribution in [3.8, 4) is 0 Å². The van der Waals surface area contributed by atoms with Gasteiger partial charge in [0.2, 0.25) is 5.95 Å². The summed E-state index contributed by atoms with van der Waals surface area (Å²) in [6, 6.07) is 16.4. The van der Waals surface area contributed by atoms with E-state index in [0.717, 1.165) is 34.3 Å². The summed E-state index contributed by atoms with van der Waals surface area (Å²) in [6.45, 7) is 0.729. The lowest BCUT2D eigenvalue weighted by atomic mass is 10.2. The normalized spacial score (nSPS) is 11.2. The number of hydrogen-bond donors (Lipinski definition) is 2. The Balaban J connectivity index is 1.37. The third-order valence-electron chi connectivity index (χ3n) is 4.97. The van der Waals surface area contributed by atoms with Gasteiger partial charge in [0.25, 0.3) is 0 Å². The van der Waals surface area contributed by atoms with Gasteiger partial charge in [0.15, 0.2) is 0 Å².